The van der Waals surface area contributed by atoms with E-state index in [2.05, 4.69) is 17.2 Å². The average Bonchev–Trinajstić information content (AvgIpc) is 3.09. The molecular formula is C16H30N4O2S2. The summed E-state index contributed by atoms with van der Waals surface area (Å²) in [6.45, 7) is 3.70. The molecule has 24 heavy (non-hydrogen) atoms. The lowest BCUT2D eigenvalue weighted by Gasteiger charge is -2.16. The van der Waals surface area contributed by atoms with Gasteiger partial charge in [-0.1, -0.05) is 45.1 Å². The minimum atomic E-state index is -3.39. The van der Waals surface area contributed by atoms with Crippen LogP contribution in [-0.2, 0) is 10.0 Å². The van der Waals surface area contributed by atoms with Crippen molar-refractivity contribution in [3.05, 3.63) is 17.5 Å². The van der Waals surface area contributed by atoms with Gasteiger partial charge >= 0.3 is 0 Å². The van der Waals surface area contributed by atoms with Crippen LogP contribution in [0, 0.1) is 0 Å². The zero-order chi connectivity index (χ0) is 17.8. The molecule has 3 N–H and O–H groups in total. The van der Waals surface area contributed by atoms with Crippen LogP contribution in [0.2, 0.25) is 0 Å². The van der Waals surface area contributed by atoms with E-state index in [9.17, 15) is 8.42 Å². The summed E-state index contributed by atoms with van der Waals surface area (Å²) in [4.78, 5) is 4.27. The number of nitrogens with one attached hydrogen (secondary N) is 1. The van der Waals surface area contributed by atoms with E-state index in [1.807, 2.05) is 0 Å². The standard InChI is InChI=1S/C16H30N4O2S2/c1-3-4-5-6-7-8-11-18-16(17)19-12-13-20(2)24(21,22)15-10-9-14-23-15/h9-10,14H,3-8,11-13H2,1-2H3,(H3,17,18,19). The number of hydrogen-bond donors (Lipinski definition) is 2. The van der Waals surface area contributed by atoms with Gasteiger partial charge in [0.25, 0.3) is 10.0 Å². The smallest absolute Gasteiger partial charge is 0.252 e. The van der Waals surface area contributed by atoms with Crippen molar-refractivity contribution in [2.75, 3.05) is 26.7 Å². The lowest BCUT2D eigenvalue weighted by molar-refractivity contribution is 0.472. The van der Waals surface area contributed by atoms with Gasteiger partial charge in [0, 0.05) is 26.7 Å². The number of guanidine groups is 1. The highest BCUT2D eigenvalue weighted by molar-refractivity contribution is 7.91. The number of nitrogens with zero attached hydrogens (tertiary/aromatic N) is 2. The summed E-state index contributed by atoms with van der Waals surface area (Å²) in [7, 11) is -1.82. The van der Waals surface area contributed by atoms with E-state index in [0.717, 1.165) is 6.42 Å². The van der Waals surface area contributed by atoms with Crippen LogP contribution in [0.1, 0.15) is 45.4 Å². The molecule has 0 aliphatic heterocycles. The van der Waals surface area contributed by atoms with Crippen LogP contribution in [0.4, 0.5) is 0 Å². The van der Waals surface area contributed by atoms with Crippen molar-refractivity contribution < 1.29 is 8.42 Å². The Balaban J connectivity index is 2.20. The molecule has 1 aromatic heterocycles. The third kappa shape index (κ3) is 7.63. The van der Waals surface area contributed by atoms with Gasteiger partial charge < -0.3 is 11.1 Å². The zero-order valence-corrected chi connectivity index (χ0v) is 16.3. The van der Waals surface area contributed by atoms with Crippen molar-refractivity contribution >= 4 is 27.3 Å². The van der Waals surface area contributed by atoms with Gasteiger partial charge in [0.15, 0.2) is 5.96 Å². The minimum Gasteiger partial charge on any atom is -0.370 e. The van der Waals surface area contributed by atoms with Crippen LogP contribution in [0.5, 0.6) is 0 Å². The molecule has 1 heterocycles. The maximum atomic E-state index is 12.2. The molecule has 1 aromatic rings. The van der Waals surface area contributed by atoms with E-state index >= 15 is 0 Å². The van der Waals surface area contributed by atoms with Crippen LogP contribution in [0.3, 0.4) is 0 Å². The number of hydrogen-bond acceptors (Lipinski definition) is 4. The second-order valence-electron chi connectivity index (χ2n) is 5.72. The predicted octanol–water partition coefficient (Wildman–Crippen LogP) is 2.63. The molecule has 0 saturated heterocycles. The van der Waals surface area contributed by atoms with Gasteiger partial charge in [-0.25, -0.2) is 8.42 Å². The van der Waals surface area contributed by atoms with Gasteiger partial charge in [0.1, 0.15) is 4.21 Å². The Bertz CT molecular complexity index is 571. The highest BCUT2D eigenvalue weighted by atomic mass is 32.2. The number of nitrogens with two attached hydrogens (primary N) is 1. The SMILES string of the molecule is CCCCCCCCN=C(N)NCCN(C)S(=O)(=O)c1cccs1. The zero-order valence-electron chi connectivity index (χ0n) is 14.7. The van der Waals surface area contributed by atoms with Crippen LogP contribution in [-0.4, -0.2) is 45.4 Å². The van der Waals surface area contributed by atoms with Crippen molar-refractivity contribution in [3.8, 4) is 0 Å². The minimum absolute atomic E-state index is 0.341. The van der Waals surface area contributed by atoms with E-state index in [4.69, 9.17) is 5.73 Å². The van der Waals surface area contributed by atoms with Crippen molar-refractivity contribution in [2.24, 2.45) is 10.7 Å². The molecule has 8 heteroatoms. The molecule has 0 aliphatic rings. The fourth-order valence-electron chi connectivity index (χ4n) is 2.17. The Labute approximate surface area is 150 Å². The summed E-state index contributed by atoms with van der Waals surface area (Å²) >= 11 is 1.22. The van der Waals surface area contributed by atoms with Gasteiger partial charge in [-0.3, -0.25) is 4.99 Å². The lowest BCUT2D eigenvalue weighted by Crippen LogP contribution is -2.39. The van der Waals surface area contributed by atoms with Crippen molar-refractivity contribution in [1.82, 2.24) is 9.62 Å². The predicted molar refractivity (Wildman–Crippen MR) is 102 cm³/mol. The maximum absolute atomic E-state index is 12.2. The number of unbranched alkanes of at least 4 members (excludes halogenated alkanes) is 5. The fraction of sp³-hybridized carbons (Fsp3) is 0.688. The molecule has 0 radical (unpaired) electrons. The third-order valence-corrected chi connectivity index (χ3v) is 6.92. The van der Waals surface area contributed by atoms with Gasteiger partial charge in [-0.2, -0.15) is 4.31 Å². The highest BCUT2D eigenvalue weighted by Crippen LogP contribution is 2.19. The van der Waals surface area contributed by atoms with E-state index < -0.39 is 10.0 Å². The van der Waals surface area contributed by atoms with Gasteiger partial charge in [-0.15, -0.1) is 11.3 Å². The first-order valence-electron chi connectivity index (χ1n) is 8.52. The molecule has 0 aromatic carbocycles. The van der Waals surface area contributed by atoms with Crippen LogP contribution < -0.4 is 11.1 Å². The highest BCUT2D eigenvalue weighted by Gasteiger charge is 2.20. The molecule has 0 fully saturated rings. The first-order chi connectivity index (χ1) is 11.5. The number of thiophene rings is 1. The molecule has 0 unspecified atom stereocenters. The summed E-state index contributed by atoms with van der Waals surface area (Å²) in [6, 6.07) is 3.34. The topological polar surface area (TPSA) is 87.8 Å². The van der Waals surface area contributed by atoms with Crippen molar-refractivity contribution in [1.29, 1.82) is 0 Å². The molecule has 0 amide bonds. The van der Waals surface area contributed by atoms with E-state index in [-0.39, 0.29) is 0 Å². The van der Waals surface area contributed by atoms with Crippen LogP contribution in [0.15, 0.2) is 26.7 Å². The van der Waals surface area contributed by atoms with Crippen LogP contribution >= 0.6 is 11.3 Å². The molecule has 1 rings (SSSR count). The molecule has 0 atom stereocenters. The molecule has 0 spiro atoms. The fourth-order valence-corrected chi connectivity index (χ4v) is 4.55. The second kappa shape index (κ2) is 11.4. The number of aliphatic imine (C=N–C) groups is 1. The van der Waals surface area contributed by atoms with Crippen molar-refractivity contribution in [3.63, 3.8) is 0 Å². The normalized spacial score (nSPS) is 12.7. The average molecular weight is 375 g/mol. The van der Waals surface area contributed by atoms with Crippen molar-refractivity contribution in [2.45, 2.75) is 49.7 Å². The Morgan fingerprint density at radius 3 is 2.67 bits per heavy atom. The van der Waals surface area contributed by atoms with Gasteiger partial charge in [0.05, 0.1) is 0 Å². The molecular weight excluding hydrogens is 344 g/mol. The number of rotatable bonds is 12. The quantitative estimate of drug-likeness (QED) is 0.334. The van der Waals surface area contributed by atoms with E-state index in [1.54, 1.807) is 24.6 Å². The summed E-state index contributed by atoms with van der Waals surface area (Å²) in [5.41, 5.74) is 5.80. The van der Waals surface area contributed by atoms with Gasteiger partial charge in [-0.05, 0) is 17.9 Å². The Kier molecular flexibility index (Phi) is 9.97. The molecule has 6 nitrogen and oxygen atoms in total. The molecule has 0 bridgehead atoms. The summed E-state index contributed by atoms with van der Waals surface area (Å²) in [5, 5.41) is 4.72. The monoisotopic (exact) mass is 374 g/mol. The Hall–Kier alpha value is -1.12. The summed E-state index contributed by atoms with van der Waals surface area (Å²) < 4.78 is 26.2. The maximum Gasteiger partial charge on any atom is 0.252 e. The van der Waals surface area contributed by atoms with E-state index in [1.165, 1.54) is 47.7 Å². The molecule has 138 valence electrons. The first-order valence-corrected chi connectivity index (χ1v) is 10.8. The summed E-state index contributed by atoms with van der Waals surface area (Å²) in [6.07, 6.45) is 7.32. The Morgan fingerprint density at radius 2 is 2.00 bits per heavy atom. The molecule has 0 aliphatic carbocycles. The number of likely N-dealkylation sites (N-methyl/N-ethyl adjacent to an activating group) is 1. The second-order valence-corrected chi connectivity index (χ2v) is 8.94. The third-order valence-electron chi connectivity index (χ3n) is 3.69. The lowest BCUT2D eigenvalue weighted by atomic mass is 10.1. The largest absolute Gasteiger partial charge is 0.370 e. The van der Waals surface area contributed by atoms with Crippen LogP contribution in [0.25, 0.3) is 0 Å². The number of sulfonamides is 1. The van der Waals surface area contributed by atoms with E-state index in [0.29, 0.717) is 29.8 Å². The molecule has 0 saturated carbocycles. The van der Waals surface area contributed by atoms with Gasteiger partial charge in [0.2, 0.25) is 0 Å². The Morgan fingerprint density at radius 1 is 1.29 bits per heavy atom. The first kappa shape index (κ1) is 20.9. The summed E-state index contributed by atoms with van der Waals surface area (Å²) in [5.74, 6) is 0.380.